The van der Waals surface area contributed by atoms with Crippen molar-refractivity contribution in [1.29, 1.82) is 0 Å². The van der Waals surface area contributed by atoms with Gasteiger partial charge in [-0.15, -0.1) is 24.0 Å². The third kappa shape index (κ3) is 6.76. The van der Waals surface area contributed by atoms with Crippen molar-refractivity contribution >= 4 is 41.5 Å². The molecule has 0 aliphatic carbocycles. The number of guanidine groups is 1. The number of hydrogen-bond donors (Lipinski definition) is 1. The second kappa shape index (κ2) is 11.9. The van der Waals surface area contributed by atoms with Crippen molar-refractivity contribution in [2.75, 3.05) is 39.9 Å². The fraction of sp³-hybridized carbons (Fsp3) is 0.611. The van der Waals surface area contributed by atoms with Gasteiger partial charge in [0.15, 0.2) is 5.96 Å². The molecule has 0 radical (unpaired) electrons. The maximum absolute atomic E-state index is 6.20. The Morgan fingerprint density at radius 1 is 1.42 bits per heavy atom. The van der Waals surface area contributed by atoms with Gasteiger partial charge in [0.1, 0.15) is 0 Å². The quantitative estimate of drug-likeness (QED) is 0.288. The normalized spacial score (nSPS) is 17.7. The fourth-order valence-electron chi connectivity index (χ4n) is 2.98. The summed E-state index contributed by atoms with van der Waals surface area (Å²) in [7, 11) is 1.77. The third-order valence-electron chi connectivity index (χ3n) is 4.15. The largest absolute Gasteiger partial charge is 0.384 e. The van der Waals surface area contributed by atoms with Crippen LogP contribution in [-0.2, 0) is 11.2 Å². The molecule has 0 amide bonds. The number of rotatable bonds is 7. The van der Waals surface area contributed by atoms with Crippen LogP contribution in [0.4, 0.5) is 0 Å². The van der Waals surface area contributed by atoms with Gasteiger partial charge in [0.25, 0.3) is 0 Å². The Labute approximate surface area is 168 Å². The average Bonchev–Trinajstić information content (AvgIpc) is 3.01. The zero-order valence-corrected chi connectivity index (χ0v) is 17.7. The first-order valence-corrected chi connectivity index (χ1v) is 8.88. The van der Waals surface area contributed by atoms with Crippen molar-refractivity contribution in [2.45, 2.75) is 26.2 Å². The first-order chi connectivity index (χ1) is 11.2. The SMILES string of the molecule is CCNC(=NCCCc1ccccc1Cl)N1CCC(COC)C1.I. The molecule has 0 aromatic heterocycles. The molecule has 1 aromatic rings. The molecule has 24 heavy (non-hydrogen) atoms. The van der Waals surface area contributed by atoms with Crippen LogP contribution in [0.25, 0.3) is 0 Å². The van der Waals surface area contributed by atoms with Gasteiger partial charge in [0.2, 0.25) is 0 Å². The maximum Gasteiger partial charge on any atom is 0.193 e. The smallest absolute Gasteiger partial charge is 0.193 e. The summed E-state index contributed by atoms with van der Waals surface area (Å²) in [5.74, 6) is 1.65. The molecular formula is C18H29ClIN3O. The number of aliphatic imine (C=N–C) groups is 1. The first-order valence-electron chi connectivity index (χ1n) is 8.50. The first kappa shape index (κ1) is 21.5. The van der Waals surface area contributed by atoms with Crippen LogP contribution < -0.4 is 5.32 Å². The number of likely N-dealkylation sites (tertiary alicyclic amines) is 1. The van der Waals surface area contributed by atoms with Crippen LogP contribution in [0.1, 0.15) is 25.3 Å². The van der Waals surface area contributed by atoms with Crippen molar-refractivity contribution in [3.8, 4) is 0 Å². The summed E-state index contributed by atoms with van der Waals surface area (Å²) in [6.07, 6.45) is 3.15. The minimum absolute atomic E-state index is 0. The van der Waals surface area contributed by atoms with E-state index >= 15 is 0 Å². The summed E-state index contributed by atoms with van der Waals surface area (Å²) in [5, 5.41) is 4.26. The Morgan fingerprint density at radius 3 is 2.92 bits per heavy atom. The van der Waals surface area contributed by atoms with Gasteiger partial charge in [-0.2, -0.15) is 0 Å². The lowest BCUT2D eigenvalue weighted by Gasteiger charge is -2.21. The molecular weight excluding hydrogens is 437 g/mol. The van der Waals surface area contributed by atoms with E-state index in [1.165, 1.54) is 12.0 Å². The van der Waals surface area contributed by atoms with Gasteiger partial charge < -0.3 is 15.0 Å². The van der Waals surface area contributed by atoms with Gasteiger partial charge in [-0.1, -0.05) is 29.8 Å². The minimum atomic E-state index is 0. The zero-order chi connectivity index (χ0) is 16.5. The summed E-state index contributed by atoms with van der Waals surface area (Å²) in [6.45, 7) is 6.76. The average molecular weight is 466 g/mol. The number of aryl methyl sites for hydroxylation is 1. The van der Waals surface area contributed by atoms with E-state index in [0.717, 1.165) is 56.6 Å². The molecule has 1 atom stereocenters. The van der Waals surface area contributed by atoms with E-state index in [-0.39, 0.29) is 24.0 Å². The molecule has 1 aliphatic rings. The summed E-state index contributed by atoms with van der Waals surface area (Å²) in [5.41, 5.74) is 1.20. The Kier molecular flexibility index (Phi) is 10.7. The van der Waals surface area contributed by atoms with Crippen molar-refractivity contribution < 1.29 is 4.74 Å². The van der Waals surface area contributed by atoms with Crippen molar-refractivity contribution in [3.05, 3.63) is 34.9 Å². The van der Waals surface area contributed by atoms with Gasteiger partial charge in [-0.25, -0.2) is 0 Å². The summed E-state index contributed by atoms with van der Waals surface area (Å²) < 4.78 is 5.27. The van der Waals surface area contributed by atoms with E-state index in [2.05, 4.69) is 23.2 Å². The van der Waals surface area contributed by atoms with Crippen LogP contribution in [0.2, 0.25) is 5.02 Å². The van der Waals surface area contributed by atoms with Crippen LogP contribution in [0.3, 0.4) is 0 Å². The van der Waals surface area contributed by atoms with Crippen molar-refractivity contribution in [3.63, 3.8) is 0 Å². The molecule has 2 rings (SSSR count). The van der Waals surface area contributed by atoms with Crippen LogP contribution in [0.5, 0.6) is 0 Å². The Hall–Kier alpha value is -0.530. The molecule has 1 saturated heterocycles. The highest BCUT2D eigenvalue weighted by Crippen LogP contribution is 2.18. The van der Waals surface area contributed by atoms with Gasteiger partial charge in [0.05, 0.1) is 6.61 Å². The van der Waals surface area contributed by atoms with E-state index in [1.807, 2.05) is 18.2 Å². The van der Waals surface area contributed by atoms with E-state index < -0.39 is 0 Å². The topological polar surface area (TPSA) is 36.9 Å². The van der Waals surface area contributed by atoms with Crippen molar-refractivity contribution in [2.24, 2.45) is 10.9 Å². The van der Waals surface area contributed by atoms with Gasteiger partial charge in [-0.05, 0) is 37.8 Å². The molecule has 6 heteroatoms. The monoisotopic (exact) mass is 465 g/mol. The molecule has 0 spiro atoms. The predicted molar refractivity (Wildman–Crippen MR) is 113 cm³/mol. The molecule has 4 nitrogen and oxygen atoms in total. The van der Waals surface area contributed by atoms with Crippen LogP contribution in [0.15, 0.2) is 29.3 Å². The number of halogens is 2. The second-order valence-electron chi connectivity index (χ2n) is 5.99. The standard InChI is InChI=1S/C18H28ClN3O.HI/c1-3-20-18(22-12-10-15(13-22)14-23-2)21-11-6-8-16-7-4-5-9-17(16)19;/h4-5,7,9,15H,3,6,8,10-14H2,1-2H3,(H,20,21);1H. The molecule has 1 N–H and O–H groups in total. The predicted octanol–water partition coefficient (Wildman–Crippen LogP) is 3.82. The molecule has 1 heterocycles. The molecule has 0 bridgehead atoms. The lowest BCUT2D eigenvalue weighted by atomic mass is 10.1. The van der Waals surface area contributed by atoms with Crippen LogP contribution >= 0.6 is 35.6 Å². The molecule has 1 unspecified atom stereocenters. The highest BCUT2D eigenvalue weighted by atomic mass is 127. The highest BCUT2D eigenvalue weighted by molar-refractivity contribution is 14.0. The highest BCUT2D eigenvalue weighted by Gasteiger charge is 2.24. The summed E-state index contributed by atoms with van der Waals surface area (Å²) in [6, 6.07) is 8.04. The van der Waals surface area contributed by atoms with E-state index in [4.69, 9.17) is 21.3 Å². The molecule has 1 aliphatic heterocycles. The van der Waals surface area contributed by atoms with Gasteiger partial charge in [-0.3, -0.25) is 4.99 Å². The Morgan fingerprint density at radius 2 is 2.21 bits per heavy atom. The van der Waals surface area contributed by atoms with Gasteiger partial charge >= 0.3 is 0 Å². The number of methoxy groups -OCH3 is 1. The molecule has 1 aromatic carbocycles. The number of hydrogen-bond acceptors (Lipinski definition) is 2. The zero-order valence-electron chi connectivity index (χ0n) is 14.6. The molecule has 0 saturated carbocycles. The lowest BCUT2D eigenvalue weighted by Crippen LogP contribution is -2.40. The van der Waals surface area contributed by atoms with Crippen LogP contribution in [0, 0.1) is 5.92 Å². The summed E-state index contributed by atoms with van der Waals surface area (Å²) in [4.78, 5) is 7.13. The number of nitrogens with zero attached hydrogens (tertiary/aromatic N) is 2. The third-order valence-corrected chi connectivity index (χ3v) is 4.52. The lowest BCUT2D eigenvalue weighted by molar-refractivity contribution is 0.157. The summed E-state index contributed by atoms with van der Waals surface area (Å²) >= 11 is 6.20. The van der Waals surface area contributed by atoms with Crippen LogP contribution in [-0.4, -0.2) is 50.8 Å². The van der Waals surface area contributed by atoms with Gasteiger partial charge in [0, 0.05) is 44.2 Å². The van der Waals surface area contributed by atoms with E-state index in [9.17, 15) is 0 Å². The number of benzene rings is 1. The number of ether oxygens (including phenoxy) is 1. The molecule has 1 fully saturated rings. The fourth-order valence-corrected chi connectivity index (χ4v) is 3.21. The Balaban J connectivity index is 0.00000288. The number of nitrogens with one attached hydrogen (secondary N) is 1. The maximum atomic E-state index is 6.20. The molecule has 136 valence electrons. The van der Waals surface area contributed by atoms with E-state index in [1.54, 1.807) is 7.11 Å². The minimum Gasteiger partial charge on any atom is -0.384 e. The van der Waals surface area contributed by atoms with Crippen molar-refractivity contribution in [1.82, 2.24) is 10.2 Å². The second-order valence-corrected chi connectivity index (χ2v) is 6.39. The Bertz CT molecular complexity index is 513. The van der Waals surface area contributed by atoms with E-state index in [0.29, 0.717) is 5.92 Å².